The van der Waals surface area contributed by atoms with E-state index < -0.39 is 10.0 Å². The largest absolute Gasteiger partial charge is 0.491 e. The zero-order chi connectivity index (χ0) is 21.7. The maximum Gasteiger partial charge on any atom is 0.243 e. The number of carbonyl (C=O) groups excluding carboxylic acids is 1. The number of sulfonamides is 1. The molecule has 0 unspecified atom stereocenters. The summed E-state index contributed by atoms with van der Waals surface area (Å²) in [6, 6.07) is 13.7. The van der Waals surface area contributed by atoms with Gasteiger partial charge in [-0.25, -0.2) is 8.42 Å². The average Bonchev–Trinajstić information content (AvgIpc) is 2.73. The van der Waals surface area contributed by atoms with Crippen LogP contribution >= 0.6 is 11.6 Å². The molecule has 0 saturated carbocycles. The molecule has 1 aliphatic rings. The molecule has 2 aromatic carbocycles. The van der Waals surface area contributed by atoms with Gasteiger partial charge in [0.25, 0.3) is 0 Å². The SMILES string of the molecule is CC(C)Oc1ccc(CNC(=O)[C@@H]2CCCN(S(=O)(=O)c3ccc(Cl)cc3)C2)cc1. The summed E-state index contributed by atoms with van der Waals surface area (Å²) < 4.78 is 32.8. The molecule has 30 heavy (non-hydrogen) atoms. The van der Waals surface area contributed by atoms with Crippen LogP contribution in [0.3, 0.4) is 0 Å². The predicted octanol–water partition coefficient (Wildman–Crippen LogP) is 3.84. The molecule has 1 atom stereocenters. The third-order valence-corrected chi connectivity index (χ3v) is 7.10. The van der Waals surface area contributed by atoms with Gasteiger partial charge in [-0.2, -0.15) is 4.31 Å². The lowest BCUT2D eigenvalue weighted by atomic mass is 9.99. The highest BCUT2D eigenvalue weighted by Gasteiger charge is 2.33. The second-order valence-electron chi connectivity index (χ2n) is 7.68. The first-order valence-corrected chi connectivity index (χ1v) is 11.9. The summed E-state index contributed by atoms with van der Waals surface area (Å²) in [5.74, 6) is 0.285. The van der Waals surface area contributed by atoms with Gasteiger partial charge in [0.15, 0.2) is 0 Å². The minimum Gasteiger partial charge on any atom is -0.491 e. The lowest BCUT2D eigenvalue weighted by Crippen LogP contribution is -2.45. The van der Waals surface area contributed by atoms with Crippen molar-refractivity contribution >= 4 is 27.5 Å². The highest BCUT2D eigenvalue weighted by Crippen LogP contribution is 2.25. The van der Waals surface area contributed by atoms with Crippen molar-refractivity contribution in [2.75, 3.05) is 13.1 Å². The molecule has 1 aliphatic heterocycles. The fraction of sp³-hybridized carbons (Fsp3) is 0.409. The summed E-state index contributed by atoms with van der Waals surface area (Å²) in [5.41, 5.74) is 0.959. The zero-order valence-electron chi connectivity index (χ0n) is 17.2. The number of rotatable bonds is 7. The second-order valence-corrected chi connectivity index (χ2v) is 10.1. The average molecular weight is 451 g/mol. The fourth-order valence-electron chi connectivity index (χ4n) is 3.42. The molecule has 162 valence electrons. The Morgan fingerprint density at radius 2 is 1.83 bits per heavy atom. The van der Waals surface area contributed by atoms with Gasteiger partial charge in [-0.1, -0.05) is 23.7 Å². The number of hydrogen-bond acceptors (Lipinski definition) is 4. The normalized spacial score (nSPS) is 17.7. The molecule has 1 amide bonds. The number of nitrogens with zero attached hydrogens (tertiary/aromatic N) is 1. The van der Waals surface area contributed by atoms with E-state index in [0.29, 0.717) is 31.0 Å². The number of hydrogen-bond donors (Lipinski definition) is 1. The van der Waals surface area contributed by atoms with E-state index in [-0.39, 0.29) is 29.4 Å². The first-order chi connectivity index (χ1) is 14.3. The molecule has 0 bridgehead atoms. The van der Waals surface area contributed by atoms with Gasteiger partial charge >= 0.3 is 0 Å². The molecule has 3 rings (SSSR count). The van der Waals surface area contributed by atoms with Crippen molar-refractivity contribution < 1.29 is 17.9 Å². The standard InChI is InChI=1S/C22H27ClN2O4S/c1-16(2)29-20-9-5-17(6-10-20)14-24-22(26)18-4-3-13-25(15-18)30(27,28)21-11-7-19(23)8-12-21/h5-12,16,18H,3-4,13-15H2,1-2H3,(H,24,26)/t18-/m1/s1. The van der Waals surface area contributed by atoms with E-state index in [1.165, 1.54) is 16.4 Å². The smallest absolute Gasteiger partial charge is 0.243 e. The number of benzene rings is 2. The molecule has 0 aliphatic carbocycles. The molecule has 1 N–H and O–H groups in total. The van der Waals surface area contributed by atoms with E-state index >= 15 is 0 Å². The third kappa shape index (κ3) is 5.74. The Labute approximate surface area is 183 Å². The van der Waals surface area contributed by atoms with Crippen molar-refractivity contribution in [2.45, 2.75) is 44.2 Å². The van der Waals surface area contributed by atoms with Crippen molar-refractivity contribution in [1.29, 1.82) is 0 Å². The summed E-state index contributed by atoms with van der Waals surface area (Å²) in [4.78, 5) is 12.9. The van der Waals surface area contributed by atoms with Crippen LogP contribution in [0.2, 0.25) is 5.02 Å². The first kappa shape index (κ1) is 22.6. The topological polar surface area (TPSA) is 75.7 Å². The molecule has 2 aromatic rings. The van der Waals surface area contributed by atoms with Gasteiger partial charge in [-0.3, -0.25) is 4.79 Å². The molecule has 0 radical (unpaired) electrons. The Morgan fingerprint density at radius 1 is 1.17 bits per heavy atom. The van der Waals surface area contributed by atoms with Crippen molar-refractivity contribution in [3.05, 3.63) is 59.1 Å². The highest BCUT2D eigenvalue weighted by molar-refractivity contribution is 7.89. The van der Waals surface area contributed by atoms with Crippen LogP contribution in [0.1, 0.15) is 32.3 Å². The van der Waals surface area contributed by atoms with Crippen LogP contribution in [0.4, 0.5) is 0 Å². The third-order valence-electron chi connectivity index (χ3n) is 4.97. The number of amides is 1. The van der Waals surface area contributed by atoms with Gasteiger partial charge in [-0.15, -0.1) is 0 Å². The van der Waals surface area contributed by atoms with Gasteiger partial charge < -0.3 is 10.1 Å². The molecule has 1 heterocycles. The summed E-state index contributed by atoms with van der Waals surface area (Å²) in [6.07, 6.45) is 1.42. The van der Waals surface area contributed by atoms with Crippen molar-refractivity contribution in [2.24, 2.45) is 5.92 Å². The monoisotopic (exact) mass is 450 g/mol. The second kappa shape index (κ2) is 9.81. The van der Waals surface area contributed by atoms with Crippen LogP contribution in [0.15, 0.2) is 53.4 Å². The number of carbonyl (C=O) groups is 1. The predicted molar refractivity (Wildman–Crippen MR) is 117 cm³/mol. The summed E-state index contributed by atoms with van der Waals surface area (Å²) in [5, 5.41) is 3.41. The van der Waals surface area contributed by atoms with E-state index in [4.69, 9.17) is 16.3 Å². The van der Waals surface area contributed by atoms with Crippen molar-refractivity contribution in [1.82, 2.24) is 9.62 Å². The molecular weight excluding hydrogens is 424 g/mol. The van der Waals surface area contributed by atoms with Crippen molar-refractivity contribution in [3.63, 3.8) is 0 Å². The van der Waals surface area contributed by atoms with Crippen LogP contribution in [-0.4, -0.2) is 37.8 Å². The fourth-order valence-corrected chi connectivity index (χ4v) is 5.07. The summed E-state index contributed by atoms with van der Waals surface area (Å²) >= 11 is 5.86. The van der Waals surface area contributed by atoms with Crippen LogP contribution in [0.25, 0.3) is 0 Å². The van der Waals surface area contributed by atoms with Crippen molar-refractivity contribution in [3.8, 4) is 5.75 Å². The number of piperidine rings is 1. The summed E-state index contributed by atoms with van der Waals surface area (Å²) in [7, 11) is -3.65. The van der Waals surface area contributed by atoms with Gasteiger partial charge in [0.2, 0.25) is 15.9 Å². The van der Waals surface area contributed by atoms with Gasteiger partial charge in [0, 0.05) is 24.7 Å². The van der Waals surface area contributed by atoms with Crippen LogP contribution in [0, 0.1) is 5.92 Å². The Bertz CT molecular complexity index is 960. The molecule has 1 saturated heterocycles. The number of halogens is 1. The minimum absolute atomic E-state index is 0.106. The van der Waals surface area contributed by atoms with Gasteiger partial charge in [0.05, 0.1) is 16.9 Å². The van der Waals surface area contributed by atoms with E-state index in [1.54, 1.807) is 12.1 Å². The summed E-state index contributed by atoms with van der Waals surface area (Å²) in [6.45, 7) is 4.91. The Balaban J connectivity index is 1.58. The molecule has 8 heteroatoms. The lowest BCUT2D eigenvalue weighted by Gasteiger charge is -2.31. The van der Waals surface area contributed by atoms with E-state index in [9.17, 15) is 13.2 Å². The van der Waals surface area contributed by atoms with E-state index in [0.717, 1.165) is 11.3 Å². The van der Waals surface area contributed by atoms with E-state index in [1.807, 2.05) is 38.1 Å². The lowest BCUT2D eigenvalue weighted by molar-refractivity contribution is -0.126. The quantitative estimate of drug-likeness (QED) is 0.695. The van der Waals surface area contributed by atoms with Crippen LogP contribution < -0.4 is 10.1 Å². The Kier molecular flexibility index (Phi) is 7.39. The highest BCUT2D eigenvalue weighted by atomic mass is 35.5. The molecule has 1 fully saturated rings. The van der Waals surface area contributed by atoms with Gasteiger partial charge in [-0.05, 0) is 68.7 Å². The first-order valence-electron chi connectivity index (χ1n) is 10.0. The van der Waals surface area contributed by atoms with E-state index in [2.05, 4.69) is 5.32 Å². The van der Waals surface area contributed by atoms with Crippen LogP contribution in [-0.2, 0) is 21.4 Å². The van der Waals surface area contributed by atoms with Gasteiger partial charge in [0.1, 0.15) is 5.75 Å². The zero-order valence-corrected chi connectivity index (χ0v) is 18.7. The Morgan fingerprint density at radius 3 is 2.47 bits per heavy atom. The number of ether oxygens (including phenoxy) is 1. The Hall–Kier alpha value is -2.09. The number of nitrogens with one attached hydrogen (secondary N) is 1. The molecule has 0 aromatic heterocycles. The minimum atomic E-state index is -3.65. The maximum atomic E-state index is 12.9. The maximum absolute atomic E-state index is 12.9. The molecular formula is C22H27ClN2O4S. The molecule has 0 spiro atoms. The molecule has 6 nitrogen and oxygen atoms in total. The van der Waals surface area contributed by atoms with Crippen LogP contribution in [0.5, 0.6) is 5.75 Å².